The van der Waals surface area contributed by atoms with Gasteiger partial charge in [0, 0.05) is 53.2 Å². The summed E-state index contributed by atoms with van der Waals surface area (Å²) in [6.07, 6.45) is -14.0. The topological polar surface area (TPSA) is 489 Å². The van der Waals surface area contributed by atoms with E-state index < -0.39 is 180 Å². The van der Waals surface area contributed by atoms with E-state index in [4.69, 9.17) is 42.6 Å². The Hall–Kier alpha value is -4.80. The number of aliphatic hydroxyl groups is 9. The second-order valence-electron chi connectivity index (χ2n) is 19.9. The molecule has 2 rings (SSSR count). The molecule has 0 saturated carbocycles. The minimum Gasteiger partial charge on any atom is -0.394 e. The molecule has 2 fully saturated rings. The molecule has 492 valence electrons. The molecule has 0 spiro atoms. The summed E-state index contributed by atoms with van der Waals surface area (Å²) in [5.74, 6) is -4.40. The van der Waals surface area contributed by atoms with E-state index in [1.807, 2.05) is 0 Å². The highest BCUT2D eigenvalue weighted by Gasteiger charge is 2.46. The van der Waals surface area contributed by atoms with Crippen LogP contribution < -0.4 is 37.2 Å². The van der Waals surface area contributed by atoms with E-state index >= 15 is 0 Å². The van der Waals surface area contributed by atoms with Gasteiger partial charge in [-0.1, -0.05) is 12.8 Å². The number of unbranched alkanes of at least 4 members (excludes halogenated alkanes) is 3. The van der Waals surface area contributed by atoms with Crippen molar-refractivity contribution in [3.8, 4) is 0 Å². The van der Waals surface area contributed by atoms with Crippen molar-refractivity contribution >= 4 is 47.1 Å². The normalized spacial score (nSPS) is 24.0. The van der Waals surface area contributed by atoms with Gasteiger partial charge in [-0.05, 0) is 26.7 Å². The number of carbonyl (C=O) groups is 8. The van der Waals surface area contributed by atoms with Gasteiger partial charge in [-0.2, -0.15) is 0 Å². The Bertz CT molecular complexity index is 1910. The number of Topliss-reactive ketones (excluding diaryl/α,β-unsaturated/α-hetero) is 1. The second-order valence-corrected chi connectivity index (χ2v) is 19.9. The maximum absolute atomic E-state index is 14.1. The number of aliphatic hydroxyl groups excluding tert-OH is 9. The van der Waals surface area contributed by atoms with Gasteiger partial charge in [0.15, 0.2) is 18.8 Å². The van der Waals surface area contributed by atoms with Gasteiger partial charge < -0.3 is 131 Å². The largest absolute Gasteiger partial charge is 0.394 e. The SMILES string of the molecule is CC(=O)CCCCCCC(=O)NCC(C(=O)NCOCCOC(OC(CO)C(C)O)C(O)NC(C)=O)N(CC(=O)NCCOCCOC1OC(CO)C(O)C(O)C1NC(C)=O)CC(=O)NCCOCCOC1OC(CO)C(O)C(O)C1NC(C)=O. The number of ketones is 1. The zero-order chi connectivity index (χ0) is 63.4. The van der Waals surface area contributed by atoms with Crippen LogP contribution in [-0.2, 0) is 81.0 Å². The molecular formula is C51H92N8O26. The molecule has 0 radical (unpaired) electrons. The van der Waals surface area contributed by atoms with Gasteiger partial charge in [0.05, 0.1) is 91.9 Å². The van der Waals surface area contributed by atoms with Crippen LogP contribution in [0.15, 0.2) is 0 Å². The number of nitrogens with zero attached hydrogens (tertiary/aromatic N) is 1. The van der Waals surface area contributed by atoms with Gasteiger partial charge in [0.25, 0.3) is 0 Å². The Morgan fingerprint density at radius 3 is 1.51 bits per heavy atom. The molecule has 0 aromatic heterocycles. The maximum Gasteiger partial charge on any atom is 0.240 e. The van der Waals surface area contributed by atoms with Crippen molar-refractivity contribution in [2.45, 2.75) is 165 Å². The molecule has 0 bridgehead atoms. The van der Waals surface area contributed by atoms with Crippen molar-refractivity contribution in [3.63, 3.8) is 0 Å². The molecule has 2 aliphatic rings. The molecule has 16 N–H and O–H groups in total. The van der Waals surface area contributed by atoms with Gasteiger partial charge in [-0.3, -0.25) is 38.5 Å². The summed E-state index contributed by atoms with van der Waals surface area (Å²) in [6, 6.07) is -3.81. The van der Waals surface area contributed by atoms with Gasteiger partial charge >= 0.3 is 0 Å². The summed E-state index contributed by atoms with van der Waals surface area (Å²) < 4.78 is 49.9. The molecule has 2 saturated heterocycles. The highest BCUT2D eigenvalue weighted by molar-refractivity contribution is 5.87. The molecule has 2 heterocycles. The van der Waals surface area contributed by atoms with Crippen molar-refractivity contribution in [2.24, 2.45) is 0 Å². The predicted molar refractivity (Wildman–Crippen MR) is 289 cm³/mol. The fourth-order valence-corrected chi connectivity index (χ4v) is 8.36. The predicted octanol–water partition coefficient (Wildman–Crippen LogP) is -8.47. The minimum absolute atomic E-state index is 0.0435. The standard InChI is InChI=1S/C51H92N8O26/c1-29(63)10-8-6-7-9-11-38(68)54-22-34(47(75)55-28-79-18-21-82-51(48(76)58-33(5)67)83-35(25-60)30(2)64)59(23-39(69)52-12-14-77-16-19-80-49-41(56-31(3)65)45(73)43(71)36(26-61)84-49)24-40(70)53-13-15-78-17-20-81-50-42(57-32(4)66)46(74)44(72)37(27-62)85-50/h30,34-37,41-46,48-51,60-62,64,71-74,76H,6-28H2,1-5H3,(H,52,69)(H,53,70)(H,54,68)(H,55,75)(H,56,65)(H,57,66)(H,58,67). The number of ether oxygens (including phenoxy) is 9. The minimum atomic E-state index is -1.74. The van der Waals surface area contributed by atoms with Crippen molar-refractivity contribution in [2.75, 3.05) is 112 Å². The van der Waals surface area contributed by atoms with E-state index in [9.17, 15) is 84.3 Å². The van der Waals surface area contributed by atoms with Gasteiger partial charge in [0.1, 0.15) is 73.4 Å². The first-order valence-corrected chi connectivity index (χ1v) is 28.0. The first-order chi connectivity index (χ1) is 40.4. The lowest BCUT2D eigenvalue weighted by atomic mass is 9.97. The van der Waals surface area contributed by atoms with E-state index in [2.05, 4.69) is 37.2 Å². The maximum atomic E-state index is 14.1. The Kier molecular flexibility index (Phi) is 38.5. The van der Waals surface area contributed by atoms with Crippen LogP contribution in [0.25, 0.3) is 0 Å². The highest BCUT2D eigenvalue weighted by Crippen LogP contribution is 2.24. The van der Waals surface area contributed by atoms with Crippen LogP contribution in [0.4, 0.5) is 0 Å². The molecule has 34 heteroatoms. The molecule has 0 aromatic rings. The van der Waals surface area contributed by atoms with Crippen LogP contribution in [0.3, 0.4) is 0 Å². The average molecular weight is 1230 g/mol. The number of hydrogen-bond acceptors (Lipinski definition) is 27. The number of hydrogen-bond donors (Lipinski definition) is 16. The molecule has 15 unspecified atom stereocenters. The fraction of sp³-hybridized carbons (Fsp3) is 0.843. The van der Waals surface area contributed by atoms with E-state index in [0.29, 0.717) is 32.1 Å². The van der Waals surface area contributed by atoms with Crippen molar-refractivity contribution in [1.29, 1.82) is 0 Å². The van der Waals surface area contributed by atoms with Crippen LogP contribution in [0.2, 0.25) is 0 Å². The number of carbonyl (C=O) groups excluding carboxylic acids is 8. The summed E-state index contributed by atoms with van der Waals surface area (Å²) in [6.45, 7) is 0.599. The Balaban J connectivity index is 2.21. The molecule has 34 nitrogen and oxygen atoms in total. The summed E-state index contributed by atoms with van der Waals surface area (Å²) >= 11 is 0. The van der Waals surface area contributed by atoms with Gasteiger partial charge in [-0.15, -0.1) is 0 Å². The Morgan fingerprint density at radius 2 is 1.06 bits per heavy atom. The molecule has 0 aromatic carbocycles. The fourth-order valence-electron chi connectivity index (χ4n) is 8.36. The van der Waals surface area contributed by atoms with Crippen LogP contribution in [0.5, 0.6) is 0 Å². The average Bonchev–Trinajstić information content (AvgIpc) is 3.42. The van der Waals surface area contributed by atoms with Gasteiger partial charge in [0.2, 0.25) is 47.6 Å². The van der Waals surface area contributed by atoms with Crippen molar-refractivity contribution in [3.05, 3.63) is 0 Å². The molecular weight excluding hydrogens is 1140 g/mol. The quantitative estimate of drug-likeness (QED) is 0.0199. The third kappa shape index (κ3) is 30.6. The Labute approximate surface area is 492 Å². The van der Waals surface area contributed by atoms with Crippen LogP contribution >= 0.6 is 0 Å². The van der Waals surface area contributed by atoms with Crippen LogP contribution in [0.1, 0.15) is 73.1 Å². The van der Waals surface area contributed by atoms with Crippen LogP contribution in [0, 0.1) is 0 Å². The zero-order valence-corrected chi connectivity index (χ0v) is 48.8. The number of rotatable bonds is 45. The third-order valence-corrected chi connectivity index (χ3v) is 12.8. The molecule has 2 aliphatic heterocycles. The van der Waals surface area contributed by atoms with Crippen LogP contribution in [-0.4, -0.2) is 302 Å². The first kappa shape index (κ1) is 76.3. The van der Waals surface area contributed by atoms with Crippen molar-refractivity contribution < 1.29 is 127 Å². The molecule has 15 atom stereocenters. The smallest absolute Gasteiger partial charge is 0.240 e. The zero-order valence-electron chi connectivity index (χ0n) is 48.8. The highest BCUT2D eigenvalue weighted by atomic mass is 16.7. The first-order valence-electron chi connectivity index (χ1n) is 28.0. The summed E-state index contributed by atoms with van der Waals surface area (Å²) in [4.78, 5) is 102. The number of nitrogens with one attached hydrogen (secondary N) is 7. The van der Waals surface area contributed by atoms with E-state index in [0.717, 1.165) is 6.92 Å². The molecule has 85 heavy (non-hydrogen) atoms. The number of amides is 7. The lowest BCUT2D eigenvalue weighted by Crippen LogP contribution is -2.64. The molecule has 0 aliphatic carbocycles. The Morgan fingerprint density at radius 1 is 0.565 bits per heavy atom. The lowest BCUT2D eigenvalue weighted by molar-refractivity contribution is -0.272. The van der Waals surface area contributed by atoms with Crippen molar-refractivity contribution in [1.82, 2.24) is 42.1 Å². The third-order valence-electron chi connectivity index (χ3n) is 12.8. The monoisotopic (exact) mass is 1230 g/mol. The molecule has 7 amide bonds. The summed E-state index contributed by atoms with van der Waals surface area (Å²) in [5.41, 5.74) is 0. The summed E-state index contributed by atoms with van der Waals surface area (Å²) in [7, 11) is 0. The van der Waals surface area contributed by atoms with E-state index in [1.54, 1.807) is 0 Å². The van der Waals surface area contributed by atoms with E-state index in [-0.39, 0.29) is 78.1 Å². The summed E-state index contributed by atoms with van der Waals surface area (Å²) in [5, 5.41) is 108. The van der Waals surface area contributed by atoms with Gasteiger partial charge in [-0.25, -0.2) is 0 Å². The lowest BCUT2D eigenvalue weighted by Gasteiger charge is -2.42. The van der Waals surface area contributed by atoms with E-state index in [1.165, 1.54) is 32.6 Å². The second kappa shape index (κ2) is 42.9.